The SMILES string of the molecule is Clc1ccc2ccc(C=Cc3cccc(C=Cc4ccc5oc(-c6nnn[nH]6)nc5c4)c3)nc2c1. The molecule has 35 heavy (non-hydrogen) atoms. The van der Waals surface area contributed by atoms with Crippen molar-refractivity contribution in [2.24, 2.45) is 0 Å². The predicted octanol–water partition coefficient (Wildman–Crippen LogP) is 6.55. The van der Waals surface area contributed by atoms with Crippen molar-refractivity contribution in [1.29, 1.82) is 0 Å². The third kappa shape index (κ3) is 4.58. The highest BCUT2D eigenvalue weighted by molar-refractivity contribution is 6.31. The highest BCUT2D eigenvalue weighted by atomic mass is 35.5. The van der Waals surface area contributed by atoms with Crippen LogP contribution in [0.1, 0.15) is 22.4 Å². The number of benzene rings is 3. The van der Waals surface area contributed by atoms with Crippen molar-refractivity contribution in [3.63, 3.8) is 0 Å². The number of nitrogens with one attached hydrogen (secondary N) is 1. The smallest absolute Gasteiger partial charge is 0.267 e. The van der Waals surface area contributed by atoms with E-state index in [-0.39, 0.29) is 0 Å². The number of tetrazole rings is 1. The molecule has 0 aliphatic rings. The first kappa shape index (κ1) is 20.9. The molecule has 0 fully saturated rings. The van der Waals surface area contributed by atoms with Gasteiger partial charge in [0.1, 0.15) is 5.52 Å². The number of aromatic amines is 1. The van der Waals surface area contributed by atoms with E-state index in [2.05, 4.69) is 67.0 Å². The molecule has 6 rings (SSSR count). The summed E-state index contributed by atoms with van der Waals surface area (Å²) in [5.41, 5.74) is 6.33. The van der Waals surface area contributed by atoms with Gasteiger partial charge in [0.15, 0.2) is 5.58 Å². The van der Waals surface area contributed by atoms with E-state index in [0.29, 0.717) is 22.3 Å². The Bertz CT molecular complexity index is 1720. The summed E-state index contributed by atoms with van der Waals surface area (Å²) in [7, 11) is 0. The molecule has 0 unspecified atom stereocenters. The summed E-state index contributed by atoms with van der Waals surface area (Å²) >= 11 is 6.11. The van der Waals surface area contributed by atoms with Crippen molar-refractivity contribution < 1.29 is 4.42 Å². The number of hydrogen-bond donors (Lipinski definition) is 1. The molecule has 0 radical (unpaired) electrons. The van der Waals surface area contributed by atoms with E-state index in [4.69, 9.17) is 16.0 Å². The van der Waals surface area contributed by atoms with Gasteiger partial charge in [0.25, 0.3) is 5.89 Å². The number of rotatable bonds is 5. The number of aromatic nitrogens is 6. The van der Waals surface area contributed by atoms with Crippen LogP contribution in [0.3, 0.4) is 0 Å². The van der Waals surface area contributed by atoms with Crippen LogP contribution in [0.15, 0.2) is 77.2 Å². The Kier molecular flexibility index (Phi) is 5.37. The van der Waals surface area contributed by atoms with E-state index in [0.717, 1.165) is 38.8 Å². The standard InChI is InChI=1S/C27H17ClN6O/c28-21-10-8-20-9-12-22(29-23(20)16-21)11-6-18-3-1-2-17(14-18)4-5-19-7-13-25-24(15-19)30-27(35-25)26-31-33-34-32-26/h1-16H,(H,31,32,33,34). The third-order valence-electron chi connectivity index (χ3n) is 5.46. The lowest BCUT2D eigenvalue weighted by atomic mass is 10.1. The number of fused-ring (bicyclic) bond motifs is 2. The number of oxazole rings is 1. The Morgan fingerprint density at radius 3 is 2.37 bits per heavy atom. The van der Waals surface area contributed by atoms with E-state index in [1.54, 1.807) is 0 Å². The van der Waals surface area contributed by atoms with Crippen LogP contribution in [0.2, 0.25) is 5.02 Å². The Balaban J connectivity index is 1.21. The first-order valence-electron chi connectivity index (χ1n) is 10.9. The molecule has 3 aromatic carbocycles. The van der Waals surface area contributed by atoms with Crippen molar-refractivity contribution in [2.45, 2.75) is 0 Å². The maximum Gasteiger partial charge on any atom is 0.267 e. The molecule has 8 heteroatoms. The molecule has 0 amide bonds. The lowest BCUT2D eigenvalue weighted by molar-refractivity contribution is 0.613. The zero-order valence-corrected chi connectivity index (χ0v) is 19.0. The second-order valence-corrected chi connectivity index (χ2v) is 8.34. The van der Waals surface area contributed by atoms with Gasteiger partial charge in [0.05, 0.1) is 11.2 Å². The number of halogens is 1. The van der Waals surface area contributed by atoms with E-state index in [1.807, 2.05) is 60.7 Å². The van der Waals surface area contributed by atoms with Crippen LogP contribution in [0.5, 0.6) is 0 Å². The fraction of sp³-hybridized carbons (Fsp3) is 0. The number of hydrogen-bond acceptors (Lipinski definition) is 6. The minimum absolute atomic E-state index is 0.356. The summed E-state index contributed by atoms with van der Waals surface area (Å²) in [4.78, 5) is 9.15. The largest absolute Gasteiger partial charge is 0.434 e. The third-order valence-corrected chi connectivity index (χ3v) is 5.70. The van der Waals surface area contributed by atoms with Gasteiger partial charge in [-0.05, 0) is 69.6 Å². The summed E-state index contributed by atoms with van der Waals surface area (Å²) < 4.78 is 5.71. The minimum Gasteiger partial charge on any atom is -0.434 e. The summed E-state index contributed by atoms with van der Waals surface area (Å²) in [6.45, 7) is 0. The normalized spacial score (nSPS) is 11.9. The Hall–Kier alpha value is -4.62. The van der Waals surface area contributed by atoms with Crippen LogP contribution < -0.4 is 0 Å². The van der Waals surface area contributed by atoms with Crippen LogP contribution in [0, 0.1) is 0 Å². The van der Waals surface area contributed by atoms with Crippen LogP contribution in [-0.4, -0.2) is 30.6 Å². The maximum atomic E-state index is 6.11. The zero-order valence-electron chi connectivity index (χ0n) is 18.3. The van der Waals surface area contributed by atoms with Crippen molar-refractivity contribution in [1.82, 2.24) is 30.6 Å². The summed E-state index contributed by atoms with van der Waals surface area (Å²) in [6.07, 6.45) is 8.16. The fourth-order valence-corrected chi connectivity index (χ4v) is 3.90. The Morgan fingerprint density at radius 1 is 0.743 bits per heavy atom. The second kappa shape index (κ2) is 8.96. The zero-order chi connectivity index (χ0) is 23.6. The van der Waals surface area contributed by atoms with Gasteiger partial charge in [-0.2, -0.15) is 0 Å². The lowest BCUT2D eigenvalue weighted by Crippen LogP contribution is -1.83. The number of H-pyrrole nitrogens is 1. The first-order valence-corrected chi connectivity index (χ1v) is 11.2. The molecule has 0 aliphatic heterocycles. The predicted molar refractivity (Wildman–Crippen MR) is 138 cm³/mol. The molecule has 0 saturated heterocycles. The Labute approximate surface area is 204 Å². The average molecular weight is 477 g/mol. The van der Waals surface area contributed by atoms with Gasteiger partial charge in [-0.15, -0.1) is 5.10 Å². The van der Waals surface area contributed by atoms with Crippen molar-refractivity contribution in [3.05, 3.63) is 100 Å². The minimum atomic E-state index is 0.356. The lowest BCUT2D eigenvalue weighted by Gasteiger charge is -2.01. The molecule has 7 nitrogen and oxygen atoms in total. The highest BCUT2D eigenvalue weighted by Crippen LogP contribution is 2.23. The van der Waals surface area contributed by atoms with Crippen molar-refractivity contribution >= 4 is 57.9 Å². The monoisotopic (exact) mass is 476 g/mol. The molecule has 0 bridgehead atoms. The molecule has 3 heterocycles. The molecule has 1 N–H and O–H groups in total. The highest BCUT2D eigenvalue weighted by Gasteiger charge is 2.11. The maximum absolute atomic E-state index is 6.11. The van der Waals surface area contributed by atoms with E-state index >= 15 is 0 Å². The molecular formula is C27H17ClN6O. The molecule has 0 atom stereocenters. The first-order chi connectivity index (χ1) is 17.2. The Morgan fingerprint density at radius 2 is 1.54 bits per heavy atom. The van der Waals surface area contributed by atoms with Gasteiger partial charge in [0, 0.05) is 10.4 Å². The summed E-state index contributed by atoms with van der Waals surface area (Å²) in [6, 6.07) is 23.9. The summed E-state index contributed by atoms with van der Waals surface area (Å²) in [5, 5.41) is 15.4. The van der Waals surface area contributed by atoms with Crippen LogP contribution in [0.25, 0.3) is 58.0 Å². The molecule has 0 saturated carbocycles. The van der Waals surface area contributed by atoms with Gasteiger partial charge in [0.2, 0.25) is 5.82 Å². The van der Waals surface area contributed by atoms with Crippen LogP contribution >= 0.6 is 11.6 Å². The van der Waals surface area contributed by atoms with Gasteiger partial charge in [-0.1, -0.05) is 66.2 Å². The van der Waals surface area contributed by atoms with Gasteiger partial charge >= 0.3 is 0 Å². The van der Waals surface area contributed by atoms with E-state index < -0.39 is 0 Å². The molecule has 168 valence electrons. The van der Waals surface area contributed by atoms with Crippen LogP contribution in [-0.2, 0) is 0 Å². The number of nitrogens with zero attached hydrogens (tertiary/aromatic N) is 5. The molecule has 0 spiro atoms. The quantitative estimate of drug-likeness (QED) is 0.283. The molecular weight excluding hydrogens is 460 g/mol. The van der Waals surface area contributed by atoms with E-state index in [9.17, 15) is 0 Å². The average Bonchev–Trinajstić information content (AvgIpc) is 3.56. The van der Waals surface area contributed by atoms with Crippen LogP contribution in [0.4, 0.5) is 0 Å². The fourth-order valence-electron chi connectivity index (χ4n) is 3.74. The topological polar surface area (TPSA) is 93.4 Å². The van der Waals surface area contributed by atoms with Gasteiger partial charge < -0.3 is 4.42 Å². The van der Waals surface area contributed by atoms with Gasteiger partial charge in [-0.25, -0.2) is 15.1 Å². The number of pyridine rings is 1. The summed E-state index contributed by atoms with van der Waals surface area (Å²) in [5.74, 6) is 0.750. The molecule has 0 aliphatic carbocycles. The van der Waals surface area contributed by atoms with Crippen molar-refractivity contribution in [3.8, 4) is 11.7 Å². The molecule has 3 aromatic heterocycles. The van der Waals surface area contributed by atoms with Crippen molar-refractivity contribution in [2.75, 3.05) is 0 Å². The molecule has 6 aromatic rings. The van der Waals surface area contributed by atoms with E-state index in [1.165, 1.54) is 0 Å². The van der Waals surface area contributed by atoms with Gasteiger partial charge in [-0.3, -0.25) is 0 Å². The second-order valence-electron chi connectivity index (χ2n) is 7.91.